The fraction of sp³-hybridized carbons (Fsp3) is 0. The molecule has 16 heavy (non-hydrogen) atoms. The summed E-state index contributed by atoms with van der Waals surface area (Å²) in [5.41, 5.74) is 1.87. The second kappa shape index (κ2) is 4.23. The van der Waals surface area contributed by atoms with E-state index in [1.54, 1.807) is 24.3 Å². The second-order valence-corrected chi connectivity index (χ2v) is 3.37. The summed E-state index contributed by atoms with van der Waals surface area (Å²) in [4.78, 5) is 10.4. The number of halogens is 2. The third-order valence-corrected chi connectivity index (χ3v) is 2.30. The summed E-state index contributed by atoms with van der Waals surface area (Å²) in [6, 6.07) is 10.3. The van der Waals surface area contributed by atoms with Crippen molar-refractivity contribution in [3.8, 4) is 11.1 Å². The van der Waals surface area contributed by atoms with Crippen LogP contribution < -0.4 is 0 Å². The van der Waals surface area contributed by atoms with Crippen LogP contribution in [0.5, 0.6) is 0 Å². The number of carbonyl (C=O) groups excluding carboxylic acids is 1. The van der Waals surface area contributed by atoms with Gasteiger partial charge in [-0.3, -0.25) is 4.79 Å². The van der Waals surface area contributed by atoms with Crippen LogP contribution in [-0.4, -0.2) is 6.29 Å². The zero-order valence-electron chi connectivity index (χ0n) is 8.28. The van der Waals surface area contributed by atoms with Crippen LogP contribution in [0.3, 0.4) is 0 Å². The van der Waals surface area contributed by atoms with Crippen LogP contribution in [0.25, 0.3) is 11.1 Å². The molecule has 0 spiro atoms. The van der Waals surface area contributed by atoms with E-state index in [2.05, 4.69) is 0 Å². The average molecular weight is 218 g/mol. The van der Waals surface area contributed by atoms with Gasteiger partial charge in [0.15, 0.2) is 11.6 Å². The van der Waals surface area contributed by atoms with Crippen LogP contribution in [-0.2, 0) is 0 Å². The van der Waals surface area contributed by atoms with Gasteiger partial charge in [-0.05, 0) is 23.3 Å². The molecule has 1 nitrogen and oxygen atoms in total. The van der Waals surface area contributed by atoms with E-state index >= 15 is 0 Å². The minimum absolute atomic E-state index is 0.548. The monoisotopic (exact) mass is 218 g/mol. The van der Waals surface area contributed by atoms with Gasteiger partial charge in [-0.1, -0.05) is 30.3 Å². The highest BCUT2D eigenvalue weighted by molar-refractivity contribution is 5.76. The van der Waals surface area contributed by atoms with Crippen LogP contribution in [0, 0.1) is 11.6 Å². The van der Waals surface area contributed by atoms with E-state index in [1.807, 2.05) is 0 Å². The molecule has 0 atom stereocenters. The van der Waals surface area contributed by atoms with E-state index in [0.717, 1.165) is 24.0 Å². The van der Waals surface area contributed by atoms with Gasteiger partial charge in [0.25, 0.3) is 0 Å². The first-order valence-corrected chi connectivity index (χ1v) is 4.71. The van der Waals surface area contributed by atoms with Crippen LogP contribution in [0.15, 0.2) is 42.5 Å². The molecule has 0 saturated carbocycles. The lowest BCUT2D eigenvalue weighted by atomic mass is 10.0. The van der Waals surface area contributed by atoms with Gasteiger partial charge in [0, 0.05) is 5.56 Å². The van der Waals surface area contributed by atoms with Crippen molar-refractivity contribution in [3.05, 3.63) is 59.7 Å². The third kappa shape index (κ3) is 1.98. The maximum Gasteiger partial charge on any atom is 0.159 e. The van der Waals surface area contributed by atoms with Crippen molar-refractivity contribution in [3.63, 3.8) is 0 Å². The maximum atomic E-state index is 13.0. The SMILES string of the molecule is O=Cc1ccc(-c2ccc(F)c(F)c2)cc1. The van der Waals surface area contributed by atoms with E-state index in [9.17, 15) is 13.6 Å². The lowest BCUT2D eigenvalue weighted by molar-refractivity contribution is 0.112. The summed E-state index contributed by atoms with van der Waals surface area (Å²) in [5.74, 6) is -1.75. The number of hydrogen-bond donors (Lipinski definition) is 0. The molecule has 0 amide bonds. The number of hydrogen-bond acceptors (Lipinski definition) is 1. The lowest BCUT2D eigenvalue weighted by Gasteiger charge is -2.02. The first-order chi connectivity index (χ1) is 7.70. The van der Waals surface area contributed by atoms with Gasteiger partial charge in [0.2, 0.25) is 0 Å². The van der Waals surface area contributed by atoms with Gasteiger partial charge < -0.3 is 0 Å². The van der Waals surface area contributed by atoms with Crippen molar-refractivity contribution in [2.75, 3.05) is 0 Å². The number of rotatable bonds is 2. The van der Waals surface area contributed by atoms with Crippen molar-refractivity contribution < 1.29 is 13.6 Å². The average Bonchev–Trinajstić information content (AvgIpc) is 2.33. The molecule has 0 unspecified atom stereocenters. The van der Waals surface area contributed by atoms with Crippen molar-refractivity contribution in [2.24, 2.45) is 0 Å². The molecule has 0 aliphatic carbocycles. The molecular formula is C13H8F2O. The largest absolute Gasteiger partial charge is 0.298 e. The highest BCUT2D eigenvalue weighted by atomic mass is 19.2. The van der Waals surface area contributed by atoms with Crippen LogP contribution in [0.4, 0.5) is 8.78 Å². The Morgan fingerprint density at radius 3 is 2.00 bits per heavy atom. The van der Waals surface area contributed by atoms with Crippen LogP contribution >= 0.6 is 0 Å². The Labute approximate surface area is 91.3 Å². The summed E-state index contributed by atoms with van der Waals surface area (Å²) < 4.78 is 25.7. The van der Waals surface area contributed by atoms with Gasteiger partial charge in [-0.25, -0.2) is 8.78 Å². The third-order valence-electron chi connectivity index (χ3n) is 2.30. The molecule has 0 radical (unpaired) electrons. The molecule has 0 fully saturated rings. The van der Waals surface area contributed by atoms with Gasteiger partial charge >= 0.3 is 0 Å². The highest BCUT2D eigenvalue weighted by Gasteiger charge is 2.04. The summed E-state index contributed by atoms with van der Waals surface area (Å²) in [5, 5.41) is 0. The number of aldehydes is 1. The maximum absolute atomic E-state index is 13.0. The van der Waals surface area contributed by atoms with Crippen LogP contribution in [0.2, 0.25) is 0 Å². The highest BCUT2D eigenvalue weighted by Crippen LogP contribution is 2.21. The topological polar surface area (TPSA) is 17.1 Å². The predicted molar refractivity (Wildman–Crippen MR) is 57.2 cm³/mol. The van der Waals surface area contributed by atoms with Crippen molar-refractivity contribution in [2.45, 2.75) is 0 Å². The summed E-state index contributed by atoms with van der Waals surface area (Å²) >= 11 is 0. The Morgan fingerprint density at radius 1 is 0.812 bits per heavy atom. The first kappa shape index (κ1) is 10.5. The Kier molecular flexibility index (Phi) is 2.77. The Hall–Kier alpha value is -2.03. The minimum atomic E-state index is -0.878. The Morgan fingerprint density at radius 2 is 1.44 bits per heavy atom. The van der Waals surface area contributed by atoms with Gasteiger partial charge in [0.1, 0.15) is 6.29 Å². The smallest absolute Gasteiger partial charge is 0.159 e. The summed E-state index contributed by atoms with van der Waals surface area (Å²) in [6.45, 7) is 0. The van der Waals surface area contributed by atoms with E-state index in [1.165, 1.54) is 6.07 Å². The number of benzene rings is 2. The molecule has 0 aromatic heterocycles. The van der Waals surface area contributed by atoms with Crippen LogP contribution in [0.1, 0.15) is 10.4 Å². The molecule has 2 aromatic carbocycles. The molecule has 0 heterocycles. The molecule has 0 N–H and O–H groups in total. The predicted octanol–water partition coefficient (Wildman–Crippen LogP) is 3.44. The van der Waals surface area contributed by atoms with Crippen molar-refractivity contribution in [1.82, 2.24) is 0 Å². The fourth-order valence-corrected chi connectivity index (χ4v) is 1.43. The zero-order chi connectivity index (χ0) is 11.5. The summed E-state index contributed by atoms with van der Waals surface area (Å²) in [6.07, 6.45) is 0.731. The molecule has 80 valence electrons. The minimum Gasteiger partial charge on any atom is -0.298 e. The van der Waals surface area contributed by atoms with Crippen molar-refractivity contribution in [1.29, 1.82) is 0 Å². The van der Waals surface area contributed by atoms with E-state index in [0.29, 0.717) is 11.1 Å². The molecule has 2 rings (SSSR count). The second-order valence-electron chi connectivity index (χ2n) is 3.37. The molecule has 2 aromatic rings. The standard InChI is InChI=1S/C13H8F2O/c14-12-6-5-11(7-13(12)15)10-3-1-9(8-16)2-4-10/h1-8H. The Bertz CT molecular complexity index is 518. The Balaban J connectivity index is 2.42. The van der Waals surface area contributed by atoms with E-state index in [-0.39, 0.29) is 0 Å². The zero-order valence-corrected chi connectivity index (χ0v) is 8.28. The first-order valence-electron chi connectivity index (χ1n) is 4.71. The fourth-order valence-electron chi connectivity index (χ4n) is 1.43. The molecule has 0 bridgehead atoms. The number of carbonyl (C=O) groups is 1. The lowest BCUT2D eigenvalue weighted by Crippen LogP contribution is -1.86. The summed E-state index contributed by atoms with van der Waals surface area (Å²) in [7, 11) is 0. The van der Waals surface area contributed by atoms with Gasteiger partial charge in [-0.2, -0.15) is 0 Å². The molecule has 0 aliphatic rings. The van der Waals surface area contributed by atoms with Gasteiger partial charge in [-0.15, -0.1) is 0 Å². The quantitative estimate of drug-likeness (QED) is 0.705. The van der Waals surface area contributed by atoms with Gasteiger partial charge in [0.05, 0.1) is 0 Å². The molecule has 0 saturated heterocycles. The van der Waals surface area contributed by atoms with E-state index in [4.69, 9.17) is 0 Å². The normalized spacial score (nSPS) is 10.1. The molecule has 3 heteroatoms. The van der Waals surface area contributed by atoms with Crippen molar-refractivity contribution >= 4 is 6.29 Å². The molecular weight excluding hydrogens is 210 g/mol. The van der Waals surface area contributed by atoms with E-state index < -0.39 is 11.6 Å². The molecule has 0 aliphatic heterocycles.